The van der Waals surface area contributed by atoms with Crippen molar-refractivity contribution in [1.29, 1.82) is 5.26 Å². The lowest BCUT2D eigenvalue weighted by Gasteiger charge is -2.09. The molecule has 1 heterocycles. The minimum atomic E-state index is 0.653. The number of ether oxygens (including phenoxy) is 1. The highest BCUT2D eigenvalue weighted by Gasteiger charge is 2.17. The van der Waals surface area contributed by atoms with Crippen LogP contribution in [0.2, 0.25) is 0 Å². The number of aromatic nitrogens is 1. The van der Waals surface area contributed by atoms with Crippen molar-refractivity contribution in [3.8, 4) is 28.6 Å². The van der Waals surface area contributed by atoms with E-state index in [9.17, 15) is 5.26 Å². The molecule has 0 fully saturated rings. The van der Waals surface area contributed by atoms with Gasteiger partial charge >= 0.3 is 0 Å². The Hall–Kier alpha value is -3.71. The third kappa shape index (κ3) is 2.78. The summed E-state index contributed by atoms with van der Waals surface area (Å²) >= 11 is 0. The number of aryl methyl sites for hydroxylation is 1. The van der Waals surface area contributed by atoms with Crippen molar-refractivity contribution in [1.82, 2.24) is 4.57 Å². The van der Waals surface area contributed by atoms with Gasteiger partial charge < -0.3 is 15.0 Å². The molecule has 4 aromatic rings. The van der Waals surface area contributed by atoms with E-state index >= 15 is 0 Å². The molecule has 0 amide bonds. The molecular formula is C24H21N3O. The molecule has 0 aliphatic rings. The number of nitrogens with zero attached hydrogens (tertiary/aromatic N) is 2. The highest BCUT2D eigenvalue weighted by atomic mass is 16.5. The molecule has 4 nitrogen and oxygen atoms in total. The van der Waals surface area contributed by atoms with Crippen molar-refractivity contribution in [2.45, 2.75) is 13.8 Å². The number of methoxy groups -OCH3 is 1. The molecule has 138 valence electrons. The minimum absolute atomic E-state index is 0.653. The van der Waals surface area contributed by atoms with E-state index in [2.05, 4.69) is 22.9 Å². The smallest absolute Gasteiger partial charge is 0.119 e. The van der Waals surface area contributed by atoms with Crippen LogP contribution in [0.3, 0.4) is 0 Å². The van der Waals surface area contributed by atoms with Crippen LogP contribution in [0.1, 0.15) is 16.7 Å². The van der Waals surface area contributed by atoms with Gasteiger partial charge in [0.2, 0.25) is 0 Å². The summed E-state index contributed by atoms with van der Waals surface area (Å²) < 4.78 is 7.46. The van der Waals surface area contributed by atoms with Crippen molar-refractivity contribution < 1.29 is 4.74 Å². The maximum absolute atomic E-state index is 9.47. The molecule has 3 aromatic carbocycles. The number of nitrogens with two attached hydrogens (primary N) is 1. The molecule has 0 bridgehead atoms. The molecular weight excluding hydrogens is 346 g/mol. The molecule has 2 N–H and O–H groups in total. The SMILES string of the molecule is COc1ccc(-n2cc(-c3cccc(N)c3C)c3cc(C#N)cc(C)c32)cc1. The van der Waals surface area contributed by atoms with Gasteiger partial charge in [-0.1, -0.05) is 12.1 Å². The zero-order chi connectivity index (χ0) is 19.8. The lowest BCUT2D eigenvalue weighted by molar-refractivity contribution is 0.415. The molecule has 0 saturated heterocycles. The molecule has 0 aliphatic heterocycles. The Labute approximate surface area is 164 Å². The summed E-state index contributed by atoms with van der Waals surface area (Å²) in [6.07, 6.45) is 2.13. The fraction of sp³-hybridized carbons (Fsp3) is 0.125. The standard InChI is InChI=1S/C24H21N3O/c1-15-11-17(13-25)12-21-22(20-5-4-6-23(26)16(20)2)14-27(24(15)21)18-7-9-19(28-3)10-8-18/h4-12,14H,26H2,1-3H3. The fourth-order valence-corrected chi connectivity index (χ4v) is 3.74. The Morgan fingerprint density at radius 3 is 2.43 bits per heavy atom. The number of nitriles is 1. The van der Waals surface area contributed by atoms with E-state index in [1.807, 2.05) is 62.4 Å². The van der Waals surface area contributed by atoms with Gasteiger partial charge in [0.1, 0.15) is 5.75 Å². The van der Waals surface area contributed by atoms with Gasteiger partial charge in [-0.25, -0.2) is 0 Å². The molecule has 0 atom stereocenters. The second kappa shape index (κ2) is 6.79. The fourth-order valence-electron chi connectivity index (χ4n) is 3.74. The number of rotatable bonds is 3. The minimum Gasteiger partial charge on any atom is -0.497 e. The lowest BCUT2D eigenvalue weighted by Crippen LogP contribution is -1.94. The number of hydrogen-bond donors (Lipinski definition) is 1. The Morgan fingerprint density at radius 2 is 1.75 bits per heavy atom. The molecule has 0 spiro atoms. The average Bonchev–Trinajstić information content (AvgIpc) is 3.10. The molecule has 1 aromatic heterocycles. The molecule has 28 heavy (non-hydrogen) atoms. The van der Waals surface area contributed by atoms with Gasteiger partial charge in [-0.3, -0.25) is 0 Å². The highest BCUT2D eigenvalue weighted by molar-refractivity contribution is 6.00. The topological polar surface area (TPSA) is 64.0 Å². The normalized spacial score (nSPS) is 10.8. The number of benzene rings is 3. The van der Waals surface area contributed by atoms with E-state index in [0.717, 1.165) is 50.3 Å². The van der Waals surface area contributed by atoms with Crippen molar-refractivity contribution in [2.75, 3.05) is 12.8 Å². The zero-order valence-corrected chi connectivity index (χ0v) is 16.2. The largest absolute Gasteiger partial charge is 0.497 e. The molecule has 4 rings (SSSR count). The van der Waals surface area contributed by atoms with Gasteiger partial charge in [0, 0.05) is 28.5 Å². The van der Waals surface area contributed by atoms with Crippen LogP contribution in [0.5, 0.6) is 5.75 Å². The third-order valence-corrected chi connectivity index (χ3v) is 5.24. The summed E-state index contributed by atoms with van der Waals surface area (Å²) in [5.74, 6) is 0.815. The number of anilines is 1. The van der Waals surface area contributed by atoms with Gasteiger partial charge in [0.25, 0.3) is 0 Å². The Bertz CT molecular complexity index is 1230. The van der Waals surface area contributed by atoms with E-state index < -0.39 is 0 Å². The predicted molar refractivity (Wildman–Crippen MR) is 114 cm³/mol. The Morgan fingerprint density at radius 1 is 1.00 bits per heavy atom. The van der Waals surface area contributed by atoms with Crippen molar-refractivity contribution in [3.63, 3.8) is 0 Å². The second-order valence-corrected chi connectivity index (χ2v) is 6.93. The van der Waals surface area contributed by atoms with Crippen molar-refractivity contribution in [3.05, 3.63) is 77.5 Å². The summed E-state index contributed by atoms with van der Waals surface area (Å²) in [5, 5.41) is 10.5. The van der Waals surface area contributed by atoms with Crippen LogP contribution in [0.4, 0.5) is 5.69 Å². The van der Waals surface area contributed by atoms with E-state index in [1.165, 1.54) is 0 Å². The summed E-state index contributed by atoms with van der Waals surface area (Å²) in [5.41, 5.74) is 13.9. The van der Waals surface area contributed by atoms with Crippen molar-refractivity contribution >= 4 is 16.6 Å². The van der Waals surface area contributed by atoms with Crippen LogP contribution in [-0.2, 0) is 0 Å². The first-order valence-electron chi connectivity index (χ1n) is 9.09. The van der Waals surface area contributed by atoms with Crippen LogP contribution in [-0.4, -0.2) is 11.7 Å². The second-order valence-electron chi connectivity index (χ2n) is 6.93. The monoisotopic (exact) mass is 367 g/mol. The summed E-state index contributed by atoms with van der Waals surface area (Å²) in [4.78, 5) is 0. The molecule has 0 unspecified atom stereocenters. The first-order valence-corrected chi connectivity index (χ1v) is 9.09. The summed E-state index contributed by atoms with van der Waals surface area (Å²) in [7, 11) is 1.66. The summed E-state index contributed by atoms with van der Waals surface area (Å²) in [6.45, 7) is 4.07. The van der Waals surface area contributed by atoms with Gasteiger partial charge in [0.05, 0.1) is 24.3 Å². The van der Waals surface area contributed by atoms with E-state index in [4.69, 9.17) is 10.5 Å². The molecule has 0 aliphatic carbocycles. The first-order chi connectivity index (χ1) is 13.5. The molecule has 0 radical (unpaired) electrons. The first kappa shape index (κ1) is 17.7. The van der Waals surface area contributed by atoms with E-state index in [-0.39, 0.29) is 0 Å². The van der Waals surface area contributed by atoms with Gasteiger partial charge in [-0.05, 0) is 73.0 Å². The maximum atomic E-state index is 9.47. The molecule has 4 heteroatoms. The Balaban J connectivity index is 2.06. The zero-order valence-electron chi connectivity index (χ0n) is 16.2. The van der Waals surface area contributed by atoms with Crippen LogP contribution >= 0.6 is 0 Å². The van der Waals surface area contributed by atoms with Crippen LogP contribution in [0.25, 0.3) is 27.7 Å². The van der Waals surface area contributed by atoms with E-state index in [0.29, 0.717) is 5.56 Å². The number of hydrogen-bond acceptors (Lipinski definition) is 3. The van der Waals surface area contributed by atoms with Gasteiger partial charge in [-0.15, -0.1) is 0 Å². The predicted octanol–water partition coefficient (Wildman–Crippen LogP) is 5.38. The van der Waals surface area contributed by atoms with Crippen LogP contribution in [0, 0.1) is 25.2 Å². The maximum Gasteiger partial charge on any atom is 0.119 e. The third-order valence-electron chi connectivity index (χ3n) is 5.24. The quantitative estimate of drug-likeness (QED) is 0.495. The summed E-state index contributed by atoms with van der Waals surface area (Å²) in [6, 6.07) is 20.1. The number of nitrogen functional groups attached to an aromatic ring is 1. The highest BCUT2D eigenvalue weighted by Crippen LogP contribution is 2.37. The molecule has 0 saturated carbocycles. The number of fused-ring (bicyclic) bond motifs is 1. The van der Waals surface area contributed by atoms with Crippen LogP contribution < -0.4 is 10.5 Å². The van der Waals surface area contributed by atoms with Gasteiger partial charge in [0.15, 0.2) is 0 Å². The van der Waals surface area contributed by atoms with E-state index in [1.54, 1.807) is 7.11 Å². The van der Waals surface area contributed by atoms with Gasteiger partial charge in [-0.2, -0.15) is 5.26 Å². The van der Waals surface area contributed by atoms with Crippen LogP contribution in [0.15, 0.2) is 60.8 Å². The lowest BCUT2D eigenvalue weighted by atomic mass is 9.97. The average molecular weight is 367 g/mol. The Kier molecular flexibility index (Phi) is 4.29. The van der Waals surface area contributed by atoms with Crippen molar-refractivity contribution in [2.24, 2.45) is 0 Å².